The first-order valence-electron chi connectivity index (χ1n) is 8.25. The average Bonchev–Trinajstić information content (AvgIpc) is 2.93. The Balaban J connectivity index is 2.17. The normalized spacial score (nSPS) is 11.7. The third-order valence-corrected chi connectivity index (χ3v) is 4.03. The standard InChI is InChI=1S/C20H24N4/c1-14-7-6-8-15(2)17(14)18-16(11-21-13-23-18)19-22-9-10-24(19)12-20(3,4)5/h6-11,13H,12H2,1-5H3. The predicted octanol–water partition coefficient (Wildman–Crippen LogP) is 4.67. The molecular weight excluding hydrogens is 296 g/mol. The molecule has 0 amide bonds. The Kier molecular flexibility index (Phi) is 4.22. The van der Waals surface area contributed by atoms with Gasteiger partial charge < -0.3 is 4.57 Å². The Labute approximate surface area is 143 Å². The van der Waals surface area contributed by atoms with E-state index in [2.05, 4.69) is 72.3 Å². The number of hydrogen-bond acceptors (Lipinski definition) is 3. The largest absolute Gasteiger partial charge is 0.330 e. The SMILES string of the molecule is Cc1cccc(C)c1-c1ncncc1-c1nccn1CC(C)(C)C. The number of aromatic nitrogens is 4. The van der Waals surface area contributed by atoms with E-state index in [-0.39, 0.29) is 5.41 Å². The van der Waals surface area contributed by atoms with E-state index in [0.29, 0.717) is 0 Å². The lowest BCUT2D eigenvalue weighted by molar-refractivity contribution is 0.345. The highest BCUT2D eigenvalue weighted by molar-refractivity contribution is 5.80. The second-order valence-corrected chi connectivity index (χ2v) is 7.49. The molecule has 0 aliphatic carbocycles. The summed E-state index contributed by atoms with van der Waals surface area (Å²) < 4.78 is 2.19. The monoisotopic (exact) mass is 320 g/mol. The lowest BCUT2D eigenvalue weighted by Gasteiger charge is -2.21. The lowest BCUT2D eigenvalue weighted by atomic mass is 9.95. The zero-order valence-electron chi connectivity index (χ0n) is 15.0. The fraction of sp³-hybridized carbons (Fsp3) is 0.350. The van der Waals surface area contributed by atoms with E-state index in [1.807, 2.05) is 18.6 Å². The molecule has 2 aromatic heterocycles. The molecule has 4 heteroatoms. The van der Waals surface area contributed by atoms with Crippen molar-refractivity contribution in [3.05, 3.63) is 54.2 Å². The second-order valence-electron chi connectivity index (χ2n) is 7.49. The highest BCUT2D eigenvalue weighted by atomic mass is 15.1. The fourth-order valence-electron chi connectivity index (χ4n) is 3.07. The Morgan fingerprint density at radius 1 is 1.04 bits per heavy atom. The maximum atomic E-state index is 4.60. The third-order valence-electron chi connectivity index (χ3n) is 4.03. The molecule has 4 nitrogen and oxygen atoms in total. The molecule has 124 valence electrons. The van der Waals surface area contributed by atoms with Gasteiger partial charge in [0.15, 0.2) is 0 Å². The van der Waals surface area contributed by atoms with Gasteiger partial charge in [-0.2, -0.15) is 0 Å². The van der Waals surface area contributed by atoms with Crippen LogP contribution in [0.1, 0.15) is 31.9 Å². The summed E-state index contributed by atoms with van der Waals surface area (Å²) in [6.45, 7) is 11.8. The maximum Gasteiger partial charge on any atom is 0.143 e. The van der Waals surface area contributed by atoms with Crippen LogP contribution in [0.5, 0.6) is 0 Å². The molecule has 0 N–H and O–H groups in total. The van der Waals surface area contributed by atoms with Crippen molar-refractivity contribution in [2.24, 2.45) is 5.41 Å². The Morgan fingerprint density at radius 3 is 2.42 bits per heavy atom. The third kappa shape index (κ3) is 3.23. The van der Waals surface area contributed by atoms with Crippen LogP contribution in [0.15, 0.2) is 43.1 Å². The second kappa shape index (κ2) is 6.19. The quantitative estimate of drug-likeness (QED) is 0.704. The smallest absolute Gasteiger partial charge is 0.143 e. The summed E-state index contributed by atoms with van der Waals surface area (Å²) in [6, 6.07) is 6.32. The molecule has 24 heavy (non-hydrogen) atoms. The van der Waals surface area contributed by atoms with Crippen molar-refractivity contribution >= 4 is 0 Å². The number of hydrogen-bond donors (Lipinski definition) is 0. The van der Waals surface area contributed by atoms with Gasteiger partial charge in [0, 0.05) is 30.7 Å². The molecule has 0 atom stereocenters. The van der Waals surface area contributed by atoms with Crippen LogP contribution >= 0.6 is 0 Å². The summed E-state index contributed by atoms with van der Waals surface area (Å²) in [7, 11) is 0. The molecule has 0 aliphatic heterocycles. The van der Waals surface area contributed by atoms with Gasteiger partial charge in [-0.15, -0.1) is 0 Å². The number of rotatable bonds is 3. The molecule has 3 rings (SSSR count). The highest BCUT2D eigenvalue weighted by Gasteiger charge is 2.19. The molecular formula is C20H24N4. The molecule has 3 aromatic rings. The Morgan fingerprint density at radius 2 is 1.75 bits per heavy atom. The van der Waals surface area contributed by atoms with Gasteiger partial charge in [-0.3, -0.25) is 0 Å². The van der Waals surface area contributed by atoms with Gasteiger partial charge in [0.1, 0.15) is 12.2 Å². The molecule has 0 unspecified atom stereocenters. The summed E-state index contributed by atoms with van der Waals surface area (Å²) in [6.07, 6.45) is 7.36. The highest BCUT2D eigenvalue weighted by Crippen LogP contribution is 2.33. The van der Waals surface area contributed by atoms with Crippen LogP contribution in [-0.2, 0) is 6.54 Å². The minimum Gasteiger partial charge on any atom is -0.330 e. The molecule has 1 aromatic carbocycles. The van der Waals surface area contributed by atoms with Crippen molar-refractivity contribution in [3.8, 4) is 22.6 Å². The fourth-order valence-corrected chi connectivity index (χ4v) is 3.07. The van der Waals surface area contributed by atoms with Crippen molar-refractivity contribution in [1.29, 1.82) is 0 Å². The summed E-state index contributed by atoms with van der Waals surface area (Å²) in [5.74, 6) is 0.920. The molecule has 0 radical (unpaired) electrons. The predicted molar refractivity (Wildman–Crippen MR) is 97.6 cm³/mol. The van der Waals surface area contributed by atoms with Crippen LogP contribution in [0.4, 0.5) is 0 Å². The van der Waals surface area contributed by atoms with Crippen LogP contribution in [0, 0.1) is 19.3 Å². The molecule has 0 saturated carbocycles. The summed E-state index contributed by atoms with van der Waals surface area (Å²) in [4.78, 5) is 13.5. The van der Waals surface area contributed by atoms with Crippen molar-refractivity contribution in [2.45, 2.75) is 41.2 Å². The van der Waals surface area contributed by atoms with Crippen LogP contribution in [-0.4, -0.2) is 19.5 Å². The topological polar surface area (TPSA) is 43.6 Å². The van der Waals surface area contributed by atoms with E-state index in [9.17, 15) is 0 Å². The van der Waals surface area contributed by atoms with Gasteiger partial charge in [0.2, 0.25) is 0 Å². The molecule has 0 bridgehead atoms. The van der Waals surface area contributed by atoms with Crippen molar-refractivity contribution in [2.75, 3.05) is 0 Å². The van der Waals surface area contributed by atoms with Gasteiger partial charge in [-0.1, -0.05) is 39.0 Å². The summed E-state index contributed by atoms with van der Waals surface area (Å²) in [5.41, 5.74) is 5.68. The van der Waals surface area contributed by atoms with Gasteiger partial charge >= 0.3 is 0 Å². The first-order chi connectivity index (χ1) is 11.4. The van der Waals surface area contributed by atoms with Crippen molar-refractivity contribution in [1.82, 2.24) is 19.5 Å². The van der Waals surface area contributed by atoms with Gasteiger partial charge in [-0.25, -0.2) is 15.0 Å². The van der Waals surface area contributed by atoms with E-state index in [0.717, 1.165) is 23.6 Å². The number of aryl methyl sites for hydroxylation is 2. The molecule has 0 saturated heterocycles. The zero-order chi connectivity index (χ0) is 17.3. The average molecular weight is 320 g/mol. The van der Waals surface area contributed by atoms with Crippen molar-refractivity contribution < 1.29 is 0 Å². The lowest BCUT2D eigenvalue weighted by Crippen LogP contribution is -2.16. The van der Waals surface area contributed by atoms with Gasteiger partial charge in [-0.05, 0) is 30.4 Å². The van der Waals surface area contributed by atoms with E-state index in [4.69, 9.17) is 0 Å². The number of nitrogens with zero attached hydrogens (tertiary/aromatic N) is 4. The number of benzene rings is 1. The number of imidazole rings is 1. The van der Waals surface area contributed by atoms with Crippen LogP contribution in [0.25, 0.3) is 22.6 Å². The molecule has 2 heterocycles. The Hall–Kier alpha value is -2.49. The van der Waals surface area contributed by atoms with Crippen molar-refractivity contribution in [3.63, 3.8) is 0 Å². The van der Waals surface area contributed by atoms with Crippen LogP contribution < -0.4 is 0 Å². The first-order valence-corrected chi connectivity index (χ1v) is 8.25. The Bertz CT molecular complexity index is 836. The van der Waals surface area contributed by atoms with E-state index in [1.54, 1.807) is 6.33 Å². The maximum absolute atomic E-state index is 4.60. The molecule has 0 spiro atoms. The van der Waals surface area contributed by atoms with Crippen LogP contribution in [0.2, 0.25) is 0 Å². The minimum atomic E-state index is 0.170. The van der Waals surface area contributed by atoms with E-state index in [1.165, 1.54) is 16.7 Å². The van der Waals surface area contributed by atoms with Gasteiger partial charge in [0.05, 0.1) is 11.3 Å². The zero-order valence-corrected chi connectivity index (χ0v) is 15.0. The van der Waals surface area contributed by atoms with Crippen LogP contribution in [0.3, 0.4) is 0 Å². The van der Waals surface area contributed by atoms with Gasteiger partial charge in [0.25, 0.3) is 0 Å². The van der Waals surface area contributed by atoms with E-state index >= 15 is 0 Å². The summed E-state index contributed by atoms with van der Waals surface area (Å²) in [5, 5.41) is 0. The minimum absolute atomic E-state index is 0.170. The van der Waals surface area contributed by atoms with E-state index < -0.39 is 0 Å². The molecule has 0 aliphatic rings. The molecule has 0 fully saturated rings. The first kappa shape index (κ1) is 16.4. The summed E-state index contributed by atoms with van der Waals surface area (Å²) >= 11 is 0.